The zero-order valence-corrected chi connectivity index (χ0v) is 23.7. The molecule has 5 heterocycles. The van der Waals surface area contributed by atoms with E-state index in [1.54, 1.807) is 0 Å². The van der Waals surface area contributed by atoms with Crippen LogP contribution in [0.15, 0.2) is 30.5 Å². The standard InChI is InChI=1S/C32H30F5N5O2/c33-19-10-32(6-1-7-42(32)14-19)15-44-31-39-29-22(30(40-31)41-12-17-2-3-18(13-41)25(17)35)11-38-28(27(29)37)21-9-20(43)8-16-4-5-23(34)26(36)24(16)21/h4-5,8-9,11,17-19,25,43H,1-3,6-7,10,12-15H2/t17-,18+,19-,25?,32+/m1/s1. The van der Waals surface area contributed by atoms with Crippen molar-refractivity contribution in [3.63, 3.8) is 0 Å². The van der Waals surface area contributed by atoms with E-state index in [2.05, 4.69) is 19.9 Å². The first-order chi connectivity index (χ1) is 21.2. The minimum absolute atomic E-state index is 0.111. The van der Waals surface area contributed by atoms with Gasteiger partial charge in [-0.15, -0.1) is 0 Å². The number of nitrogens with zero attached hydrogens (tertiary/aromatic N) is 5. The number of hydrogen-bond acceptors (Lipinski definition) is 7. The number of phenolic OH excluding ortho intramolecular Hbond substituents is 1. The predicted octanol–water partition coefficient (Wildman–Crippen LogP) is 6.11. The van der Waals surface area contributed by atoms with Crippen LogP contribution in [0.1, 0.15) is 32.1 Å². The number of alkyl halides is 2. The van der Waals surface area contributed by atoms with Crippen LogP contribution in [0.3, 0.4) is 0 Å². The lowest BCUT2D eigenvalue weighted by Crippen LogP contribution is -2.44. The van der Waals surface area contributed by atoms with Crippen molar-refractivity contribution < 1.29 is 31.8 Å². The number of phenols is 1. The summed E-state index contributed by atoms with van der Waals surface area (Å²) in [6.07, 6.45) is 3.01. The molecular formula is C32H30F5N5O2. The molecule has 5 atom stereocenters. The second-order valence-corrected chi connectivity index (χ2v) is 12.8. The highest BCUT2D eigenvalue weighted by Crippen LogP contribution is 2.44. The average molecular weight is 612 g/mol. The number of piperidine rings is 1. The van der Waals surface area contributed by atoms with Gasteiger partial charge in [0.15, 0.2) is 17.5 Å². The van der Waals surface area contributed by atoms with Gasteiger partial charge in [-0.25, -0.2) is 22.0 Å². The monoisotopic (exact) mass is 611 g/mol. The lowest BCUT2D eigenvalue weighted by atomic mass is 9.95. The van der Waals surface area contributed by atoms with Crippen molar-refractivity contribution in [1.82, 2.24) is 19.9 Å². The molecule has 3 saturated heterocycles. The van der Waals surface area contributed by atoms with Gasteiger partial charge in [0.25, 0.3) is 0 Å². The molecule has 44 heavy (non-hydrogen) atoms. The molecule has 230 valence electrons. The molecule has 2 aromatic heterocycles. The molecule has 1 N–H and O–H groups in total. The normalized spacial score (nSPS) is 28.3. The van der Waals surface area contributed by atoms with Gasteiger partial charge in [0.1, 0.15) is 41.7 Å². The Balaban J connectivity index is 1.26. The minimum atomic E-state index is -1.20. The molecular weight excluding hydrogens is 581 g/mol. The molecule has 0 radical (unpaired) electrons. The van der Waals surface area contributed by atoms with Crippen LogP contribution in [0.2, 0.25) is 0 Å². The van der Waals surface area contributed by atoms with Crippen LogP contribution in [-0.2, 0) is 0 Å². The van der Waals surface area contributed by atoms with Crippen LogP contribution >= 0.6 is 0 Å². The molecule has 8 rings (SSSR count). The van der Waals surface area contributed by atoms with E-state index in [4.69, 9.17) is 4.74 Å². The molecule has 1 aliphatic carbocycles. The molecule has 3 aliphatic heterocycles. The number of aromatic hydroxyl groups is 1. The van der Waals surface area contributed by atoms with Gasteiger partial charge in [-0.1, -0.05) is 6.07 Å². The largest absolute Gasteiger partial charge is 0.508 e. The van der Waals surface area contributed by atoms with Crippen LogP contribution in [0.4, 0.5) is 27.8 Å². The van der Waals surface area contributed by atoms with Crippen molar-refractivity contribution >= 4 is 27.5 Å². The van der Waals surface area contributed by atoms with E-state index in [0.29, 0.717) is 31.9 Å². The Morgan fingerprint density at radius 1 is 1.00 bits per heavy atom. The van der Waals surface area contributed by atoms with Crippen molar-refractivity contribution in [3.8, 4) is 23.0 Å². The van der Waals surface area contributed by atoms with Crippen LogP contribution < -0.4 is 9.64 Å². The Bertz CT molecular complexity index is 1790. The Morgan fingerprint density at radius 2 is 1.80 bits per heavy atom. The highest BCUT2D eigenvalue weighted by atomic mass is 19.2. The second-order valence-electron chi connectivity index (χ2n) is 12.8. The van der Waals surface area contributed by atoms with Gasteiger partial charge >= 0.3 is 6.01 Å². The molecule has 4 fully saturated rings. The maximum absolute atomic E-state index is 16.6. The summed E-state index contributed by atoms with van der Waals surface area (Å²) < 4.78 is 81.3. The third kappa shape index (κ3) is 4.28. The number of ether oxygens (including phenoxy) is 1. The number of rotatable bonds is 5. The molecule has 4 aliphatic rings. The van der Waals surface area contributed by atoms with Gasteiger partial charge in [-0.3, -0.25) is 9.88 Å². The number of benzene rings is 2. The first-order valence-electron chi connectivity index (χ1n) is 15.1. The number of pyridine rings is 1. The van der Waals surface area contributed by atoms with Crippen molar-refractivity contribution in [2.24, 2.45) is 11.8 Å². The first-order valence-corrected chi connectivity index (χ1v) is 15.1. The summed E-state index contributed by atoms with van der Waals surface area (Å²) in [7, 11) is 0. The molecule has 1 saturated carbocycles. The van der Waals surface area contributed by atoms with E-state index in [1.807, 2.05) is 4.90 Å². The van der Waals surface area contributed by atoms with Crippen molar-refractivity contribution in [1.29, 1.82) is 0 Å². The van der Waals surface area contributed by atoms with E-state index in [0.717, 1.165) is 44.4 Å². The number of aromatic nitrogens is 3. The highest BCUT2D eigenvalue weighted by Gasteiger charge is 2.49. The van der Waals surface area contributed by atoms with Crippen LogP contribution in [0, 0.1) is 29.3 Å². The van der Waals surface area contributed by atoms with E-state index in [-0.39, 0.29) is 63.1 Å². The first kappa shape index (κ1) is 27.7. The summed E-state index contributed by atoms with van der Waals surface area (Å²) in [6.45, 7) is 2.00. The fraction of sp³-hybridized carbons (Fsp3) is 0.469. The van der Waals surface area contributed by atoms with E-state index >= 15 is 8.78 Å². The summed E-state index contributed by atoms with van der Waals surface area (Å²) >= 11 is 0. The van der Waals surface area contributed by atoms with Crippen molar-refractivity contribution in [2.75, 3.05) is 37.7 Å². The molecule has 2 bridgehead atoms. The Hall–Kier alpha value is -3.80. The fourth-order valence-corrected chi connectivity index (χ4v) is 8.06. The molecule has 0 spiro atoms. The van der Waals surface area contributed by atoms with Crippen LogP contribution in [-0.4, -0.2) is 75.6 Å². The summed E-state index contributed by atoms with van der Waals surface area (Å²) in [5.41, 5.74) is -1.13. The summed E-state index contributed by atoms with van der Waals surface area (Å²) in [6, 6.07) is 4.50. The molecule has 2 aromatic carbocycles. The van der Waals surface area contributed by atoms with E-state index in [1.165, 1.54) is 18.3 Å². The maximum atomic E-state index is 16.6. The molecule has 4 aromatic rings. The zero-order valence-electron chi connectivity index (χ0n) is 23.7. The zero-order chi connectivity index (χ0) is 30.3. The molecule has 7 nitrogen and oxygen atoms in total. The summed E-state index contributed by atoms with van der Waals surface area (Å²) in [4.78, 5) is 17.4. The van der Waals surface area contributed by atoms with Gasteiger partial charge in [-0.05, 0) is 55.8 Å². The fourth-order valence-electron chi connectivity index (χ4n) is 8.06. The minimum Gasteiger partial charge on any atom is -0.508 e. The summed E-state index contributed by atoms with van der Waals surface area (Å²) in [5.74, 6) is -3.54. The van der Waals surface area contributed by atoms with E-state index in [9.17, 15) is 18.3 Å². The van der Waals surface area contributed by atoms with Crippen molar-refractivity contribution in [2.45, 2.75) is 50.0 Å². The molecule has 12 heteroatoms. The van der Waals surface area contributed by atoms with Gasteiger partial charge in [0, 0.05) is 55.0 Å². The van der Waals surface area contributed by atoms with E-state index < -0.39 is 35.3 Å². The topological polar surface area (TPSA) is 74.6 Å². The number of fused-ring (bicyclic) bond motifs is 5. The number of halogens is 5. The SMILES string of the molecule is Oc1cc(-c2ncc3c(N4C[C@H]5CC[C@@H](C4)C5F)nc(OC[C@@]45CCCN4C[C@H](F)C5)nc3c2F)c2c(F)c(F)ccc2c1. The van der Waals surface area contributed by atoms with Gasteiger partial charge in [-0.2, -0.15) is 9.97 Å². The Labute approximate surface area is 249 Å². The molecule has 0 amide bonds. The number of hydrogen-bond donors (Lipinski definition) is 1. The third-order valence-corrected chi connectivity index (χ3v) is 10.1. The number of anilines is 1. The predicted molar refractivity (Wildman–Crippen MR) is 154 cm³/mol. The van der Waals surface area contributed by atoms with Gasteiger partial charge in [0.05, 0.1) is 10.9 Å². The lowest BCUT2D eigenvalue weighted by Gasteiger charge is -2.35. The van der Waals surface area contributed by atoms with Crippen LogP contribution in [0.5, 0.6) is 11.8 Å². The quantitative estimate of drug-likeness (QED) is 0.273. The second kappa shape index (κ2) is 10.1. The Kier molecular flexibility index (Phi) is 6.37. The Morgan fingerprint density at radius 3 is 2.59 bits per heavy atom. The molecule has 1 unspecified atom stereocenters. The lowest BCUT2D eigenvalue weighted by molar-refractivity contribution is 0.107. The van der Waals surface area contributed by atoms with Crippen molar-refractivity contribution in [3.05, 3.63) is 47.9 Å². The highest BCUT2D eigenvalue weighted by molar-refractivity contribution is 6.00. The van der Waals surface area contributed by atoms with Gasteiger partial charge < -0.3 is 14.7 Å². The smallest absolute Gasteiger partial charge is 0.319 e. The maximum Gasteiger partial charge on any atom is 0.319 e. The van der Waals surface area contributed by atoms with Crippen LogP contribution in [0.25, 0.3) is 32.9 Å². The average Bonchev–Trinajstić information content (AvgIpc) is 3.58. The summed E-state index contributed by atoms with van der Waals surface area (Å²) in [5, 5.41) is 10.6. The van der Waals surface area contributed by atoms with Gasteiger partial charge in [0.2, 0.25) is 0 Å². The third-order valence-electron chi connectivity index (χ3n) is 10.1.